The SMILES string of the molecule is CCCSc1nc(NCCN)c2nnn(Cc3ccc(Cl)cc3)c2n1. The highest BCUT2D eigenvalue weighted by molar-refractivity contribution is 7.99. The first-order valence-electron chi connectivity index (χ1n) is 8.13. The standard InChI is InChI=1S/C16H20ClN7S/c1-2-9-25-16-20-14(19-8-7-18)13-15(21-16)24(23-22-13)10-11-3-5-12(17)6-4-11/h3-6H,2,7-10,18H2,1H3,(H,19,20,21). The van der Waals surface area contributed by atoms with E-state index in [0.29, 0.717) is 46.8 Å². The van der Waals surface area contributed by atoms with Gasteiger partial charge in [-0.05, 0) is 24.1 Å². The maximum atomic E-state index is 5.95. The van der Waals surface area contributed by atoms with E-state index >= 15 is 0 Å². The van der Waals surface area contributed by atoms with Gasteiger partial charge in [-0.15, -0.1) is 5.10 Å². The molecule has 0 aliphatic rings. The van der Waals surface area contributed by atoms with Crippen molar-refractivity contribution in [3.63, 3.8) is 0 Å². The second kappa shape index (κ2) is 8.46. The highest BCUT2D eigenvalue weighted by Crippen LogP contribution is 2.23. The van der Waals surface area contributed by atoms with Crippen molar-refractivity contribution in [3.05, 3.63) is 34.9 Å². The van der Waals surface area contributed by atoms with Gasteiger partial charge in [0.2, 0.25) is 0 Å². The lowest BCUT2D eigenvalue weighted by molar-refractivity contribution is 0.661. The van der Waals surface area contributed by atoms with Gasteiger partial charge in [-0.2, -0.15) is 0 Å². The Bertz CT molecular complexity index is 834. The molecule has 25 heavy (non-hydrogen) atoms. The van der Waals surface area contributed by atoms with Crippen LogP contribution in [-0.4, -0.2) is 43.8 Å². The number of hydrogen-bond acceptors (Lipinski definition) is 7. The minimum atomic E-state index is 0.516. The van der Waals surface area contributed by atoms with Crippen molar-refractivity contribution >= 4 is 40.3 Å². The summed E-state index contributed by atoms with van der Waals surface area (Å²) in [6.07, 6.45) is 1.06. The third-order valence-corrected chi connectivity index (χ3v) is 4.77. The number of nitrogens with zero attached hydrogens (tertiary/aromatic N) is 5. The molecule has 2 heterocycles. The van der Waals surface area contributed by atoms with Gasteiger partial charge in [0.25, 0.3) is 0 Å². The Morgan fingerprint density at radius 3 is 2.76 bits per heavy atom. The number of aromatic nitrogens is 5. The fourth-order valence-corrected chi connectivity index (χ4v) is 3.10. The van der Waals surface area contributed by atoms with E-state index in [4.69, 9.17) is 17.3 Å². The smallest absolute Gasteiger partial charge is 0.191 e. The number of benzene rings is 1. The van der Waals surface area contributed by atoms with Crippen LogP contribution in [0.15, 0.2) is 29.4 Å². The van der Waals surface area contributed by atoms with Crippen molar-refractivity contribution in [2.24, 2.45) is 5.73 Å². The zero-order valence-corrected chi connectivity index (χ0v) is 15.5. The molecular formula is C16H20ClN7S. The van der Waals surface area contributed by atoms with Gasteiger partial charge in [0.05, 0.1) is 6.54 Å². The van der Waals surface area contributed by atoms with E-state index in [0.717, 1.165) is 17.7 Å². The number of anilines is 1. The molecule has 0 spiro atoms. The van der Waals surface area contributed by atoms with Gasteiger partial charge in [-0.1, -0.05) is 47.6 Å². The van der Waals surface area contributed by atoms with Gasteiger partial charge >= 0.3 is 0 Å². The van der Waals surface area contributed by atoms with Crippen molar-refractivity contribution in [3.8, 4) is 0 Å². The molecule has 0 aliphatic heterocycles. The monoisotopic (exact) mass is 377 g/mol. The lowest BCUT2D eigenvalue weighted by Crippen LogP contribution is -2.14. The Morgan fingerprint density at radius 2 is 2.04 bits per heavy atom. The molecule has 0 fully saturated rings. The van der Waals surface area contributed by atoms with Crippen molar-refractivity contribution in [2.75, 3.05) is 24.2 Å². The summed E-state index contributed by atoms with van der Waals surface area (Å²) in [6, 6.07) is 7.66. The van der Waals surface area contributed by atoms with Gasteiger partial charge < -0.3 is 11.1 Å². The third-order valence-electron chi connectivity index (χ3n) is 3.46. The van der Waals surface area contributed by atoms with Crippen molar-refractivity contribution in [1.29, 1.82) is 0 Å². The maximum Gasteiger partial charge on any atom is 0.191 e. The third kappa shape index (κ3) is 4.39. The van der Waals surface area contributed by atoms with Crippen LogP contribution < -0.4 is 11.1 Å². The zero-order valence-electron chi connectivity index (χ0n) is 13.9. The molecule has 0 amide bonds. The summed E-state index contributed by atoms with van der Waals surface area (Å²) in [6.45, 7) is 3.83. The van der Waals surface area contributed by atoms with Crippen LogP contribution in [0.1, 0.15) is 18.9 Å². The van der Waals surface area contributed by atoms with Crippen LogP contribution in [0.2, 0.25) is 5.02 Å². The summed E-state index contributed by atoms with van der Waals surface area (Å²) in [5.74, 6) is 1.64. The predicted octanol–water partition coefficient (Wildman–Crippen LogP) is 2.80. The van der Waals surface area contributed by atoms with E-state index in [-0.39, 0.29) is 0 Å². The molecule has 2 aromatic heterocycles. The van der Waals surface area contributed by atoms with Gasteiger partial charge in [0, 0.05) is 23.9 Å². The normalized spacial score (nSPS) is 11.2. The van der Waals surface area contributed by atoms with Gasteiger partial charge in [-0.25, -0.2) is 14.6 Å². The number of nitrogens with one attached hydrogen (secondary N) is 1. The molecule has 7 nitrogen and oxygen atoms in total. The molecule has 1 aromatic carbocycles. The van der Waals surface area contributed by atoms with Crippen LogP contribution in [0.25, 0.3) is 11.2 Å². The predicted molar refractivity (Wildman–Crippen MR) is 102 cm³/mol. The highest BCUT2D eigenvalue weighted by atomic mass is 35.5. The minimum Gasteiger partial charge on any atom is -0.367 e. The number of nitrogens with two attached hydrogens (primary N) is 1. The van der Waals surface area contributed by atoms with Crippen molar-refractivity contribution < 1.29 is 0 Å². The Kier molecular flexibility index (Phi) is 6.06. The number of fused-ring (bicyclic) bond motifs is 1. The van der Waals surface area contributed by atoms with Crippen LogP contribution in [-0.2, 0) is 6.54 Å². The summed E-state index contributed by atoms with van der Waals surface area (Å²) in [5.41, 5.74) is 8.04. The molecule has 9 heteroatoms. The molecule has 0 unspecified atom stereocenters. The van der Waals surface area contributed by atoms with E-state index < -0.39 is 0 Å². The van der Waals surface area contributed by atoms with Gasteiger partial charge in [0.1, 0.15) is 0 Å². The number of thioether (sulfide) groups is 1. The topological polar surface area (TPSA) is 94.5 Å². The summed E-state index contributed by atoms with van der Waals surface area (Å²) in [7, 11) is 0. The summed E-state index contributed by atoms with van der Waals surface area (Å²) in [5, 5.41) is 13.2. The Labute approximate surface area is 155 Å². The van der Waals surface area contributed by atoms with Crippen molar-refractivity contribution in [1.82, 2.24) is 25.0 Å². The molecule has 0 atom stereocenters. The number of halogens is 1. The summed E-state index contributed by atoms with van der Waals surface area (Å²) >= 11 is 7.57. The summed E-state index contributed by atoms with van der Waals surface area (Å²) in [4.78, 5) is 9.21. The Morgan fingerprint density at radius 1 is 1.24 bits per heavy atom. The molecule has 0 radical (unpaired) electrons. The molecule has 3 rings (SSSR count). The fraction of sp³-hybridized carbons (Fsp3) is 0.375. The molecule has 0 saturated carbocycles. The highest BCUT2D eigenvalue weighted by Gasteiger charge is 2.15. The molecule has 0 bridgehead atoms. The van der Waals surface area contributed by atoms with E-state index in [1.807, 2.05) is 24.3 Å². The van der Waals surface area contributed by atoms with Crippen LogP contribution in [0, 0.1) is 0 Å². The second-order valence-corrected chi connectivity index (χ2v) is 6.96. The first kappa shape index (κ1) is 17.9. The average Bonchev–Trinajstić information content (AvgIpc) is 3.03. The molecule has 0 saturated heterocycles. The number of rotatable bonds is 8. The first-order chi connectivity index (χ1) is 12.2. The molecule has 132 valence electrons. The average molecular weight is 378 g/mol. The number of hydrogen-bond donors (Lipinski definition) is 2. The lowest BCUT2D eigenvalue weighted by atomic mass is 10.2. The Balaban J connectivity index is 1.96. The van der Waals surface area contributed by atoms with Crippen LogP contribution >= 0.6 is 23.4 Å². The van der Waals surface area contributed by atoms with Crippen LogP contribution in [0.5, 0.6) is 0 Å². The van der Waals surface area contributed by atoms with Gasteiger partial charge in [0.15, 0.2) is 22.1 Å². The van der Waals surface area contributed by atoms with Crippen molar-refractivity contribution in [2.45, 2.75) is 25.0 Å². The lowest BCUT2D eigenvalue weighted by Gasteiger charge is -2.07. The molecule has 3 aromatic rings. The molecule has 0 aliphatic carbocycles. The van der Waals surface area contributed by atoms with E-state index in [2.05, 4.69) is 32.5 Å². The molecular weight excluding hydrogens is 358 g/mol. The van der Waals surface area contributed by atoms with E-state index in [1.165, 1.54) is 0 Å². The van der Waals surface area contributed by atoms with E-state index in [9.17, 15) is 0 Å². The van der Waals surface area contributed by atoms with Crippen LogP contribution in [0.3, 0.4) is 0 Å². The second-order valence-electron chi connectivity index (χ2n) is 5.46. The van der Waals surface area contributed by atoms with Crippen LogP contribution in [0.4, 0.5) is 5.82 Å². The summed E-state index contributed by atoms with van der Waals surface area (Å²) < 4.78 is 1.78. The fourth-order valence-electron chi connectivity index (χ4n) is 2.28. The molecule has 3 N–H and O–H groups in total. The zero-order chi connectivity index (χ0) is 17.6. The largest absolute Gasteiger partial charge is 0.367 e. The van der Waals surface area contributed by atoms with Gasteiger partial charge in [-0.3, -0.25) is 0 Å². The van der Waals surface area contributed by atoms with E-state index in [1.54, 1.807) is 16.4 Å². The maximum absolute atomic E-state index is 5.95. The Hall–Kier alpha value is -1.90. The first-order valence-corrected chi connectivity index (χ1v) is 9.50. The quantitative estimate of drug-likeness (QED) is 0.460. The minimum absolute atomic E-state index is 0.516.